The maximum Gasteiger partial charge on any atom is 0.322 e. The molecule has 0 spiro atoms. The molecule has 0 aromatic carbocycles. The van der Waals surface area contributed by atoms with Gasteiger partial charge >= 0.3 is 6.03 Å². The number of urea groups is 1. The number of carbonyl (C=O) groups is 3. The van der Waals surface area contributed by atoms with Crippen LogP contribution in [-0.2, 0) is 9.59 Å². The molecule has 2 saturated heterocycles. The third kappa shape index (κ3) is 3.95. The van der Waals surface area contributed by atoms with Crippen molar-refractivity contribution in [1.29, 1.82) is 0 Å². The minimum atomic E-state index is -0.621. The van der Waals surface area contributed by atoms with Crippen LogP contribution in [0, 0.1) is 6.92 Å². The zero-order chi connectivity index (χ0) is 18.0. The molecule has 0 aliphatic carbocycles. The van der Waals surface area contributed by atoms with E-state index >= 15 is 0 Å². The number of rotatable bonds is 4. The van der Waals surface area contributed by atoms with Crippen LogP contribution in [0.4, 0.5) is 16.6 Å². The van der Waals surface area contributed by atoms with Gasteiger partial charge in [-0.2, -0.15) is 4.98 Å². The molecule has 1 atom stereocenters. The first kappa shape index (κ1) is 16.9. The van der Waals surface area contributed by atoms with Crippen LogP contribution in [0.5, 0.6) is 0 Å². The molecule has 4 N–H and O–H groups in total. The van der Waals surface area contributed by atoms with Gasteiger partial charge in [0.1, 0.15) is 11.9 Å². The fraction of sp³-hybridized carbons (Fsp3) is 0.533. The lowest BCUT2D eigenvalue weighted by atomic mass is 10.1. The molecule has 4 amide bonds. The smallest absolute Gasteiger partial charge is 0.322 e. The number of nitrogens with one attached hydrogen (secondary N) is 2. The van der Waals surface area contributed by atoms with Crippen LogP contribution < -0.4 is 21.3 Å². The van der Waals surface area contributed by atoms with Crippen LogP contribution in [0.2, 0.25) is 0 Å². The Balaban J connectivity index is 1.49. The fourth-order valence-electron chi connectivity index (χ4n) is 3.01. The lowest BCUT2D eigenvalue weighted by Gasteiger charge is -2.35. The normalized spacial score (nSPS) is 20.4. The first-order valence-electron chi connectivity index (χ1n) is 8.17. The Bertz CT molecular complexity index is 680. The average molecular weight is 347 g/mol. The van der Waals surface area contributed by atoms with Gasteiger partial charge in [-0.25, -0.2) is 9.78 Å². The summed E-state index contributed by atoms with van der Waals surface area (Å²) in [5.74, 6) is 0.610. The molecule has 10 heteroatoms. The van der Waals surface area contributed by atoms with Crippen LogP contribution in [-0.4, -0.2) is 64.9 Å². The van der Waals surface area contributed by atoms with Crippen LogP contribution in [0.1, 0.15) is 18.5 Å². The highest BCUT2D eigenvalue weighted by atomic mass is 16.2. The molecule has 3 heterocycles. The minimum Gasteiger partial charge on any atom is -0.368 e. The Morgan fingerprint density at radius 3 is 2.60 bits per heavy atom. The first-order valence-corrected chi connectivity index (χ1v) is 8.17. The number of nitrogen functional groups attached to an aromatic ring is 1. The zero-order valence-electron chi connectivity index (χ0n) is 14.0. The topological polar surface area (TPSA) is 134 Å². The first-order chi connectivity index (χ1) is 11.9. The Morgan fingerprint density at radius 1 is 1.28 bits per heavy atom. The van der Waals surface area contributed by atoms with Gasteiger partial charge in [-0.15, -0.1) is 0 Å². The minimum absolute atomic E-state index is 0.0213. The molecular weight excluding hydrogens is 326 g/mol. The molecule has 0 unspecified atom stereocenters. The standard InChI is InChI=1S/C15H21N7O3/c1-9-8-11(19-14(16)17-9)21-4-6-22(7-5-21)12(23)3-2-10-13(24)20-15(25)18-10/h8,10H,2-7H2,1H3,(H2,16,17,19)(H2,18,20,24,25)/t10-/m1/s1. The number of amides is 4. The molecule has 2 aliphatic rings. The molecule has 134 valence electrons. The number of imide groups is 1. The van der Waals surface area contributed by atoms with Crippen molar-refractivity contribution >= 4 is 29.6 Å². The summed E-state index contributed by atoms with van der Waals surface area (Å²) < 4.78 is 0. The zero-order valence-corrected chi connectivity index (χ0v) is 14.0. The number of nitrogens with two attached hydrogens (primary N) is 1. The monoisotopic (exact) mass is 347 g/mol. The van der Waals surface area contributed by atoms with Gasteiger partial charge in [-0.3, -0.25) is 14.9 Å². The third-order valence-electron chi connectivity index (χ3n) is 4.32. The van der Waals surface area contributed by atoms with Crippen LogP contribution in [0.25, 0.3) is 0 Å². The van der Waals surface area contributed by atoms with Crippen LogP contribution in [0.3, 0.4) is 0 Å². The second-order valence-electron chi connectivity index (χ2n) is 6.15. The summed E-state index contributed by atoms with van der Waals surface area (Å²) in [5.41, 5.74) is 6.49. The Labute approximate surface area is 144 Å². The van der Waals surface area contributed by atoms with Gasteiger partial charge in [0, 0.05) is 44.4 Å². The van der Waals surface area contributed by atoms with Crippen molar-refractivity contribution in [1.82, 2.24) is 25.5 Å². The molecule has 1 aromatic rings. The Kier molecular flexibility index (Phi) is 4.68. The van der Waals surface area contributed by atoms with E-state index in [0.29, 0.717) is 32.6 Å². The largest absolute Gasteiger partial charge is 0.368 e. The highest BCUT2D eigenvalue weighted by Crippen LogP contribution is 2.16. The van der Waals surface area contributed by atoms with Crippen molar-refractivity contribution < 1.29 is 14.4 Å². The van der Waals surface area contributed by atoms with Crippen molar-refractivity contribution in [3.05, 3.63) is 11.8 Å². The van der Waals surface area contributed by atoms with E-state index < -0.39 is 12.1 Å². The van der Waals surface area contributed by atoms with E-state index in [4.69, 9.17) is 5.73 Å². The van der Waals surface area contributed by atoms with Gasteiger partial charge in [0.15, 0.2) is 0 Å². The average Bonchev–Trinajstić information content (AvgIpc) is 2.89. The molecular formula is C15H21N7O3. The van der Waals surface area contributed by atoms with Crippen molar-refractivity contribution in [2.45, 2.75) is 25.8 Å². The van der Waals surface area contributed by atoms with Gasteiger partial charge in [-0.1, -0.05) is 0 Å². The third-order valence-corrected chi connectivity index (χ3v) is 4.32. The highest BCUT2D eigenvalue weighted by Gasteiger charge is 2.30. The van der Waals surface area contributed by atoms with E-state index in [-0.39, 0.29) is 24.2 Å². The molecule has 2 aliphatic heterocycles. The van der Waals surface area contributed by atoms with E-state index in [9.17, 15) is 14.4 Å². The summed E-state index contributed by atoms with van der Waals surface area (Å²) in [6, 6.07) is 0.745. The second kappa shape index (κ2) is 6.91. The number of hydrogen-bond acceptors (Lipinski definition) is 7. The molecule has 0 radical (unpaired) electrons. The summed E-state index contributed by atoms with van der Waals surface area (Å²) in [6.45, 7) is 4.32. The van der Waals surface area contributed by atoms with E-state index in [1.165, 1.54) is 0 Å². The van der Waals surface area contributed by atoms with E-state index in [1.807, 2.05) is 13.0 Å². The van der Waals surface area contributed by atoms with Gasteiger partial charge in [-0.05, 0) is 13.3 Å². The van der Waals surface area contributed by atoms with Gasteiger partial charge in [0.05, 0.1) is 0 Å². The van der Waals surface area contributed by atoms with E-state index in [0.717, 1.165) is 11.5 Å². The molecule has 25 heavy (non-hydrogen) atoms. The predicted octanol–water partition coefficient (Wildman–Crippen LogP) is -0.996. The lowest BCUT2D eigenvalue weighted by Crippen LogP contribution is -2.49. The van der Waals surface area contributed by atoms with Gasteiger partial charge in [0.25, 0.3) is 5.91 Å². The number of hydrogen-bond donors (Lipinski definition) is 3. The molecule has 0 bridgehead atoms. The summed E-state index contributed by atoms with van der Waals surface area (Å²) in [7, 11) is 0. The highest BCUT2D eigenvalue weighted by molar-refractivity contribution is 6.04. The van der Waals surface area contributed by atoms with Gasteiger partial charge in [0.2, 0.25) is 11.9 Å². The maximum absolute atomic E-state index is 12.3. The number of carbonyl (C=O) groups excluding carboxylic acids is 3. The Hall–Kier alpha value is -2.91. The van der Waals surface area contributed by atoms with Crippen molar-refractivity contribution in [2.75, 3.05) is 36.8 Å². The molecule has 3 rings (SSSR count). The van der Waals surface area contributed by atoms with Gasteiger partial charge < -0.3 is 20.9 Å². The lowest BCUT2D eigenvalue weighted by molar-refractivity contribution is -0.131. The van der Waals surface area contributed by atoms with Crippen molar-refractivity contribution in [2.24, 2.45) is 0 Å². The SMILES string of the molecule is Cc1cc(N2CCN(C(=O)CC[C@H]3NC(=O)NC3=O)CC2)nc(N)n1. The maximum atomic E-state index is 12.3. The molecule has 2 fully saturated rings. The summed E-state index contributed by atoms with van der Waals surface area (Å²) in [5, 5.41) is 4.66. The number of aryl methyl sites for hydroxylation is 1. The number of piperazine rings is 1. The number of aromatic nitrogens is 2. The van der Waals surface area contributed by atoms with E-state index in [2.05, 4.69) is 25.5 Å². The quantitative estimate of drug-likeness (QED) is 0.595. The Morgan fingerprint density at radius 2 is 2.00 bits per heavy atom. The van der Waals surface area contributed by atoms with Crippen molar-refractivity contribution in [3.63, 3.8) is 0 Å². The fourth-order valence-corrected chi connectivity index (χ4v) is 3.01. The molecule has 1 aromatic heterocycles. The predicted molar refractivity (Wildman–Crippen MR) is 89.7 cm³/mol. The van der Waals surface area contributed by atoms with E-state index in [1.54, 1.807) is 4.90 Å². The summed E-state index contributed by atoms with van der Waals surface area (Å²) in [4.78, 5) is 47.0. The van der Waals surface area contributed by atoms with Crippen LogP contribution in [0.15, 0.2) is 6.07 Å². The summed E-state index contributed by atoms with van der Waals surface area (Å²) in [6.07, 6.45) is 0.524. The second-order valence-corrected chi connectivity index (χ2v) is 6.15. The number of anilines is 2. The molecule has 10 nitrogen and oxygen atoms in total. The van der Waals surface area contributed by atoms with Crippen LogP contribution >= 0.6 is 0 Å². The number of nitrogens with zero attached hydrogens (tertiary/aromatic N) is 4. The molecule has 0 saturated carbocycles. The van der Waals surface area contributed by atoms with Crippen molar-refractivity contribution in [3.8, 4) is 0 Å². The summed E-state index contributed by atoms with van der Waals surface area (Å²) >= 11 is 0.